The fraction of sp³-hybridized carbons (Fsp3) is 0.308. The molecule has 0 bridgehead atoms. The molecule has 0 amide bonds. The minimum absolute atomic E-state index is 0.376. The lowest BCUT2D eigenvalue weighted by atomic mass is 10.1. The normalized spacial score (nSPS) is 11.8. The molecule has 1 nitrogen and oxygen atoms in total. The molecule has 0 aliphatic rings. The average Bonchev–Trinajstić information content (AvgIpc) is 2.81. The van der Waals surface area contributed by atoms with Gasteiger partial charge in [-0.3, -0.25) is 0 Å². The lowest BCUT2D eigenvalue weighted by Gasteiger charge is -2.06. The van der Waals surface area contributed by atoms with Gasteiger partial charge in [0.15, 0.2) is 0 Å². The maximum Gasteiger partial charge on any atom is 0.416 e. The monoisotopic (exact) mass is 305 g/mol. The minimum atomic E-state index is -4.31. The molecule has 0 spiro atoms. The molecule has 0 atom stereocenters. The van der Waals surface area contributed by atoms with Gasteiger partial charge in [-0.1, -0.05) is 19.1 Å². The summed E-state index contributed by atoms with van der Waals surface area (Å²) >= 11 is 7.24. The smallest absolute Gasteiger partial charge is 0.241 e. The summed E-state index contributed by atoms with van der Waals surface area (Å²) in [5.41, 5.74) is 0.944. The van der Waals surface area contributed by atoms with Gasteiger partial charge in [0, 0.05) is 10.4 Å². The Labute approximate surface area is 118 Å². The van der Waals surface area contributed by atoms with Gasteiger partial charge in [-0.25, -0.2) is 4.98 Å². The molecule has 1 heterocycles. The highest BCUT2D eigenvalue weighted by atomic mass is 35.5. The molecule has 0 N–H and O–H groups in total. The van der Waals surface area contributed by atoms with Gasteiger partial charge in [0.2, 0.25) is 0 Å². The maximum absolute atomic E-state index is 12.5. The zero-order valence-corrected chi connectivity index (χ0v) is 11.7. The number of aryl methyl sites for hydroxylation is 1. The second kappa shape index (κ2) is 5.51. The van der Waals surface area contributed by atoms with E-state index >= 15 is 0 Å². The second-order valence-corrected chi connectivity index (χ2v) is 5.30. The van der Waals surface area contributed by atoms with Crippen LogP contribution in [0.25, 0.3) is 10.6 Å². The minimum Gasteiger partial charge on any atom is -0.241 e. The Balaban J connectivity index is 2.34. The molecule has 6 heteroatoms. The predicted molar refractivity (Wildman–Crippen MR) is 71.5 cm³/mol. The number of rotatable bonds is 3. The predicted octanol–water partition coefficient (Wildman–Crippen LogP) is 5.13. The lowest BCUT2D eigenvalue weighted by molar-refractivity contribution is -0.137. The quantitative estimate of drug-likeness (QED) is 0.716. The Morgan fingerprint density at radius 1 is 1.21 bits per heavy atom. The van der Waals surface area contributed by atoms with Crippen LogP contribution in [0.3, 0.4) is 0 Å². The summed E-state index contributed by atoms with van der Waals surface area (Å²) in [5.74, 6) is 0.376. The van der Waals surface area contributed by atoms with E-state index in [1.54, 1.807) is 0 Å². The molecule has 0 unspecified atom stereocenters. The van der Waals surface area contributed by atoms with Gasteiger partial charge in [0.1, 0.15) is 5.01 Å². The van der Waals surface area contributed by atoms with E-state index in [-0.39, 0.29) is 0 Å². The molecule has 19 heavy (non-hydrogen) atoms. The standard InChI is InChI=1S/C13H11ClF3NS/c1-2-10-11(7-14)19-12(18-10)8-3-5-9(6-4-8)13(15,16)17/h3-6H,2,7H2,1H3. The Hall–Kier alpha value is -1.07. The van der Waals surface area contributed by atoms with Crippen molar-refractivity contribution in [3.8, 4) is 10.6 Å². The SMILES string of the molecule is CCc1nc(-c2ccc(C(F)(F)F)cc2)sc1CCl. The van der Waals surface area contributed by atoms with Crippen LogP contribution in [0.4, 0.5) is 13.2 Å². The maximum atomic E-state index is 12.5. The number of benzene rings is 1. The molecular weight excluding hydrogens is 295 g/mol. The van der Waals surface area contributed by atoms with Crippen LogP contribution in [0.15, 0.2) is 24.3 Å². The fourth-order valence-electron chi connectivity index (χ4n) is 1.69. The molecule has 0 saturated heterocycles. The van der Waals surface area contributed by atoms with Crippen molar-refractivity contribution in [1.82, 2.24) is 4.98 Å². The number of thiazole rings is 1. The van der Waals surface area contributed by atoms with E-state index in [0.717, 1.165) is 29.1 Å². The molecule has 0 radical (unpaired) electrons. The first kappa shape index (κ1) is 14.3. The molecule has 0 saturated carbocycles. The summed E-state index contributed by atoms with van der Waals surface area (Å²) in [6.07, 6.45) is -3.55. The lowest BCUT2D eigenvalue weighted by Crippen LogP contribution is -2.03. The topological polar surface area (TPSA) is 12.9 Å². The van der Waals surface area contributed by atoms with E-state index in [9.17, 15) is 13.2 Å². The number of alkyl halides is 4. The van der Waals surface area contributed by atoms with Gasteiger partial charge in [-0.05, 0) is 18.6 Å². The summed E-state index contributed by atoms with van der Waals surface area (Å²) in [6, 6.07) is 5.03. The Bertz CT molecular complexity index is 539. The van der Waals surface area contributed by atoms with Crippen LogP contribution in [0.5, 0.6) is 0 Å². The van der Waals surface area contributed by atoms with Crippen molar-refractivity contribution in [2.24, 2.45) is 0 Å². The van der Waals surface area contributed by atoms with Crippen LogP contribution in [0.1, 0.15) is 23.1 Å². The zero-order chi connectivity index (χ0) is 14.0. The number of halogens is 4. The van der Waals surface area contributed by atoms with Crippen molar-refractivity contribution < 1.29 is 13.2 Å². The molecule has 0 aliphatic heterocycles. The van der Waals surface area contributed by atoms with Crippen LogP contribution >= 0.6 is 22.9 Å². The van der Waals surface area contributed by atoms with E-state index in [0.29, 0.717) is 16.5 Å². The third-order valence-electron chi connectivity index (χ3n) is 2.69. The first-order valence-electron chi connectivity index (χ1n) is 5.68. The van der Waals surface area contributed by atoms with E-state index < -0.39 is 11.7 Å². The fourth-order valence-corrected chi connectivity index (χ4v) is 3.01. The molecule has 0 fully saturated rings. The summed E-state index contributed by atoms with van der Waals surface area (Å²) < 4.78 is 37.4. The number of hydrogen-bond donors (Lipinski definition) is 0. The van der Waals surface area contributed by atoms with Crippen LogP contribution < -0.4 is 0 Å². The summed E-state index contributed by atoms with van der Waals surface area (Å²) in [5, 5.41) is 0.709. The summed E-state index contributed by atoms with van der Waals surface area (Å²) in [4.78, 5) is 5.39. The number of nitrogens with zero attached hydrogens (tertiary/aromatic N) is 1. The Morgan fingerprint density at radius 2 is 1.84 bits per heavy atom. The zero-order valence-electron chi connectivity index (χ0n) is 10.1. The molecule has 1 aromatic carbocycles. The van der Waals surface area contributed by atoms with Crippen molar-refractivity contribution in [3.05, 3.63) is 40.4 Å². The molecular formula is C13H11ClF3NS. The number of aromatic nitrogens is 1. The van der Waals surface area contributed by atoms with Gasteiger partial charge < -0.3 is 0 Å². The third kappa shape index (κ3) is 3.09. The first-order valence-corrected chi connectivity index (χ1v) is 7.03. The number of hydrogen-bond acceptors (Lipinski definition) is 2. The third-order valence-corrected chi connectivity index (χ3v) is 4.27. The second-order valence-electron chi connectivity index (χ2n) is 3.95. The van der Waals surface area contributed by atoms with Gasteiger partial charge in [-0.15, -0.1) is 22.9 Å². The Morgan fingerprint density at radius 3 is 2.26 bits per heavy atom. The summed E-state index contributed by atoms with van der Waals surface area (Å²) in [7, 11) is 0. The molecule has 1 aromatic heterocycles. The van der Waals surface area contributed by atoms with Gasteiger partial charge in [0.05, 0.1) is 17.1 Å². The molecule has 102 valence electrons. The van der Waals surface area contributed by atoms with E-state index in [1.807, 2.05) is 6.92 Å². The van der Waals surface area contributed by atoms with Crippen LogP contribution in [-0.2, 0) is 18.5 Å². The summed E-state index contributed by atoms with van der Waals surface area (Å²) in [6.45, 7) is 1.97. The largest absolute Gasteiger partial charge is 0.416 e. The Kier molecular flexibility index (Phi) is 4.16. The molecule has 2 rings (SSSR count). The van der Waals surface area contributed by atoms with E-state index in [2.05, 4.69) is 4.98 Å². The van der Waals surface area contributed by atoms with Gasteiger partial charge in [0.25, 0.3) is 0 Å². The van der Waals surface area contributed by atoms with Gasteiger partial charge in [-0.2, -0.15) is 13.2 Å². The van der Waals surface area contributed by atoms with Crippen LogP contribution in [0.2, 0.25) is 0 Å². The average molecular weight is 306 g/mol. The molecule has 0 aliphatic carbocycles. The van der Waals surface area contributed by atoms with Crippen molar-refractivity contribution >= 4 is 22.9 Å². The van der Waals surface area contributed by atoms with Crippen molar-refractivity contribution in [2.75, 3.05) is 0 Å². The highest BCUT2D eigenvalue weighted by Crippen LogP contribution is 2.33. The highest BCUT2D eigenvalue weighted by Gasteiger charge is 2.30. The van der Waals surface area contributed by atoms with Crippen LogP contribution in [-0.4, -0.2) is 4.98 Å². The molecule has 2 aromatic rings. The van der Waals surface area contributed by atoms with E-state index in [4.69, 9.17) is 11.6 Å². The van der Waals surface area contributed by atoms with E-state index in [1.165, 1.54) is 23.5 Å². The van der Waals surface area contributed by atoms with Crippen molar-refractivity contribution in [3.63, 3.8) is 0 Å². The van der Waals surface area contributed by atoms with Gasteiger partial charge >= 0.3 is 6.18 Å². The van der Waals surface area contributed by atoms with Crippen LogP contribution in [0, 0.1) is 0 Å². The van der Waals surface area contributed by atoms with Crippen molar-refractivity contribution in [1.29, 1.82) is 0 Å². The van der Waals surface area contributed by atoms with Crippen molar-refractivity contribution in [2.45, 2.75) is 25.4 Å². The first-order chi connectivity index (χ1) is 8.95. The highest BCUT2D eigenvalue weighted by molar-refractivity contribution is 7.15.